The van der Waals surface area contributed by atoms with Gasteiger partial charge in [-0.25, -0.2) is 14.6 Å². The predicted octanol–water partition coefficient (Wildman–Crippen LogP) is 6.49. The molecule has 1 aromatic heterocycles. The number of para-hydroxylation sites is 1. The molecule has 0 bridgehead atoms. The van der Waals surface area contributed by atoms with E-state index in [0.717, 1.165) is 21.9 Å². The summed E-state index contributed by atoms with van der Waals surface area (Å²) in [6.45, 7) is 9.85. The average Bonchev–Trinajstić information content (AvgIpc) is 3.41. The Balaban J connectivity index is 1.47. The maximum atomic E-state index is 14.5. The third-order valence-corrected chi connectivity index (χ3v) is 9.14. The SMILES string of the molecule is CCOC(=O)C1=C(C)N=c2s/c(=C\c3c(OCc4ccc(C(=O)OCC)cc4)ccc4ccccc34)c(=O)n2[C@@H]1c1ccccc1OC(C)C. The average molecular weight is 691 g/mol. The van der Waals surface area contributed by atoms with Crippen LogP contribution in [0.25, 0.3) is 16.8 Å². The Morgan fingerprint density at radius 3 is 2.32 bits per heavy atom. The van der Waals surface area contributed by atoms with Crippen LogP contribution in [0.3, 0.4) is 0 Å². The lowest BCUT2D eigenvalue weighted by Crippen LogP contribution is -2.40. The van der Waals surface area contributed by atoms with Gasteiger partial charge in [-0.3, -0.25) is 9.36 Å². The van der Waals surface area contributed by atoms with E-state index in [1.54, 1.807) is 37.5 Å². The second kappa shape index (κ2) is 15.0. The predicted molar refractivity (Wildman–Crippen MR) is 193 cm³/mol. The van der Waals surface area contributed by atoms with Gasteiger partial charge in [0, 0.05) is 11.1 Å². The summed E-state index contributed by atoms with van der Waals surface area (Å²) in [7, 11) is 0. The van der Waals surface area contributed by atoms with Crippen molar-refractivity contribution in [1.29, 1.82) is 0 Å². The van der Waals surface area contributed by atoms with E-state index in [0.29, 0.717) is 44.3 Å². The first kappa shape index (κ1) is 34.4. The summed E-state index contributed by atoms with van der Waals surface area (Å²) in [4.78, 5) is 45.3. The van der Waals surface area contributed by atoms with Gasteiger partial charge in [0.1, 0.15) is 24.1 Å². The zero-order chi connectivity index (χ0) is 35.4. The number of carbonyl (C=O) groups is 2. The minimum Gasteiger partial charge on any atom is -0.491 e. The van der Waals surface area contributed by atoms with Crippen molar-refractivity contribution in [3.05, 3.63) is 138 Å². The molecule has 256 valence electrons. The summed E-state index contributed by atoms with van der Waals surface area (Å²) >= 11 is 1.25. The Morgan fingerprint density at radius 2 is 1.58 bits per heavy atom. The highest BCUT2D eigenvalue weighted by Gasteiger charge is 2.35. The Labute approximate surface area is 293 Å². The molecule has 0 amide bonds. The molecule has 5 aromatic rings. The standard InChI is InChI=1S/C40H38N2O7S/c1-6-46-38(44)28-18-16-26(17-19-28)23-48-32-21-20-27-12-8-9-13-29(27)31(32)22-34-37(43)42-36(30-14-10-11-15-33(30)49-24(3)4)35(39(45)47-7-2)25(5)41-40(42)50-34/h8-22,24,36H,6-7,23H2,1-5H3/b34-22-/t36-/m1/s1. The molecule has 2 heterocycles. The van der Waals surface area contributed by atoms with Crippen LogP contribution in [0.4, 0.5) is 0 Å². The molecule has 0 saturated carbocycles. The lowest BCUT2D eigenvalue weighted by atomic mass is 9.95. The summed E-state index contributed by atoms with van der Waals surface area (Å²) < 4.78 is 25.1. The number of esters is 2. The van der Waals surface area contributed by atoms with E-state index in [9.17, 15) is 14.4 Å². The fraction of sp³-hybridized carbons (Fsp3) is 0.250. The van der Waals surface area contributed by atoms with E-state index in [1.165, 1.54) is 11.3 Å². The topological polar surface area (TPSA) is 105 Å². The number of thiazole rings is 1. The molecule has 0 spiro atoms. The van der Waals surface area contributed by atoms with E-state index in [-0.39, 0.29) is 36.4 Å². The fourth-order valence-electron chi connectivity index (χ4n) is 5.95. The maximum Gasteiger partial charge on any atom is 0.338 e. The third-order valence-electron chi connectivity index (χ3n) is 8.16. The van der Waals surface area contributed by atoms with E-state index in [4.69, 9.17) is 23.9 Å². The number of hydrogen-bond acceptors (Lipinski definition) is 9. The number of benzene rings is 4. The minimum absolute atomic E-state index is 0.136. The van der Waals surface area contributed by atoms with E-state index in [1.807, 2.05) is 92.7 Å². The van der Waals surface area contributed by atoms with Gasteiger partial charge in [0.15, 0.2) is 4.80 Å². The first-order chi connectivity index (χ1) is 24.2. The zero-order valence-electron chi connectivity index (χ0n) is 28.6. The lowest BCUT2D eigenvalue weighted by molar-refractivity contribution is -0.139. The third kappa shape index (κ3) is 6.97. The first-order valence-corrected chi connectivity index (χ1v) is 17.4. The second-order valence-electron chi connectivity index (χ2n) is 11.9. The van der Waals surface area contributed by atoms with Gasteiger partial charge in [-0.2, -0.15) is 0 Å². The van der Waals surface area contributed by atoms with Crippen molar-refractivity contribution in [3.8, 4) is 11.5 Å². The molecule has 1 aliphatic heterocycles. The van der Waals surface area contributed by atoms with E-state index < -0.39 is 12.0 Å². The van der Waals surface area contributed by atoms with Gasteiger partial charge in [-0.05, 0) is 81.3 Å². The summed E-state index contributed by atoms with van der Waals surface area (Å²) in [5, 5.41) is 1.89. The summed E-state index contributed by atoms with van der Waals surface area (Å²) in [6.07, 6.45) is 1.70. The van der Waals surface area contributed by atoms with Gasteiger partial charge in [-0.1, -0.05) is 72.0 Å². The number of carbonyl (C=O) groups excluding carboxylic acids is 2. The Morgan fingerprint density at radius 1 is 0.880 bits per heavy atom. The fourth-order valence-corrected chi connectivity index (χ4v) is 6.98. The Bertz CT molecular complexity index is 2280. The molecule has 0 unspecified atom stereocenters. The monoisotopic (exact) mass is 690 g/mol. The van der Waals surface area contributed by atoms with Crippen LogP contribution in [-0.2, 0) is 20.9 Å². The van der Waals surface area contributed by atoms with Crippen molar-refractivity contribution in [3.63, 3.8) is 0 Å². The quantitative estimate of drug-likeness (QED) is 0.146. The molecule has 10 heteroatoms. The Hall–Kier alpha value is -5.48. The number of aromatic nitrogens is 1. The first-order valence-electron chi connectivity index (χ1n) is 16.6. The molecule has 50 heavy (non-hydrogen) atoms. The van der Waals surface area contributed by atoms with Crippen LogP contribution in [0.5, 0.6) is 11.5 Å². The molecular weight excluding hydrogens is 653 g/mol. The van der Waals surface area contributed by atoms with Crippen LogP contribution in [0.2, 0.25) is 0 Å². The summed E-state index contributed by atoms with van der Waals surface area (Å²) in [5.41, 5.74) is 3.18. The van der Waals surface area contributed by atoms with Crippen LogP contribution in [0, 0.1) is 0 Å². The zero-order valence-corrected chi connectivity index (χ0v) is 29.4. The molecule has 0 radical (unpaired) electrons. The number of nitrogens with zero attached hydrogens (tertiary/aromatic N) is 2. The van der Waals surface area contributed by atoms with Gasteiger partial charge in [0.25, 0.3) is 5.56 Å². The normalized spacial score (nSPS) is 14.4. The van der Waals surface area contributed by atoms with Gasteiger partial charge < -0.3 is 18.9 Å². The molecule has 1 aliphatic rings. The van der Waals surface area contributed by atoms with Crippen LogP contribution in [0.1, 0.15) is 67.7 Å². The van der Waals surface area contributed by atoms with E-state index in [2.05, 4.69) is 0 Å². The highest BCUT2D eigenvalue weighted by molar-refractivity contribution is 7.07. The number of hydrogen-bond donors (Lipinski definition) is 0. The Kier molecular flexibility index (Phi) is 10.3. The van der Waals surface area contributed by atoms with Crippen molar-refractivity contribution in [2.24, 2.45) is 4.99 Å². The molecule has 0 aliphatic carbocycles. The molecule has 1 atom stereocenters. The maximum absolute atomic E-state index is 14.5. The highest BCUT2D eigenvalue weighted by atomic mass is 32.1. The van der Waals surface area contributed by atoms with Gasteiger partial charge in [0.2, 0.25) is 0 Å². The number of fused-ring (bicyclic) bond motifs is 2. The van der Waals surface area contributed by atoms with Gasteiger partial charge in [0.05, 0.1) is 40.7 Å². The highest BCUT2D eigenvalue weighted by Crippen LogP contribution is 2.36. The van der Waals surface area contributed by atoms with Crippen LogP contribution < -0.4 is 24.4 Å². The van der Waals surface area contributed by atoms with Gasteiger partial charge >= 0.3 is 11.9 Å². The van der Waals surface area contributed by atoms with Crippen LogP contribution in [-0.4, -0.2) is 35.8 Å². The van der Waals surface area contributed by atoms with Crippen LogP contribution >= 0.6 is 11.3 Å². The summed E-state index contributed by atoms with van der Waals surface area (Å²) in [6, 6.07) is 25.5. The minimum atomic E-state index is -0.816. The van der Waals surface area contributed by atoms with E-state index >= 15 is 0 Å². The second-order valence-corrected chi connectivity index (χ2v) is 12.9. The van der Waals surface area contributed by atoms with Crippen molar-refractivity contribution < 1.29 is 28.5 Å². The number of ether oxygens (including phenoxy) is 4. The molecular formula is C40H38N2O7S. The molecule has 4 aromatic carbocycles. The lowest BCUT2D eigenvalue weighted by Gasteiger charge is -2.26. The number of allylic oxidation sites excluding steroid dienone is 1. The molecule has 6 rings (SSSR count). The smallest absolute Gasteiger partial charge is 0.338 e. The molecule has 0 N–H and O–H groups in total. The number of rotatable bonds is 11. The van der Waals surface area contributed by atoms with Crippen molar-refractivity contribution in [2.75, 3.05) is 13.2 Å². The molecule has 0 fully saturated rings. The van der Waals surface area contributed by atoms with Crippen molar-refractivity contribution >= 4 is 40.1 Å². The van der Waals surface area contributed by atoms with Crippen molar-refractivity contribution in [1.82, 2.24) is 4.57 Å². The van der Waals surface area contributed by atoms with Crippen LogP contribution in [0.15, 0.2) is 106 Å². The van der Waals surface area contributed by atoms with Gasteiger partial charge in [-0.15, -0.1) is 0 Å². The molecule has 0 saturated heterocycles. The molecule has 9 nitrogen and oxygen atoms in total. The van der Waals surface area contributed by atoms with Crippen molar-refractivity contribution in [2.45, 2.75) is 53.4 Å². The summed E-state index contributed by atoms with van der Waals surface area (Å²) in [5.74, 6) is 0.242. The largest absolute Gasteiger partial charge is 0.491 e.